The Bertz CT molecular complexity index is 573. The summed E-state index contributed by atoms with van der Waals surface area (Å²) in [4.78, 5) is 24.2. The van der Waals surface area contributed by atoms with E-state index in [1.807, 2.05) is 0 Å². The standard InChI is InChI=1S/C18H31F2NO5S/c1-9-25-14(23)18(19,20)17(8,21-27(24)16(5,6)7)12-10-11(12)13(22)26-15(2,3)4/h11-12,21H,9-10H2,1-8H3/t11-,12-,17+,27+/m0/s1. The largest absolute Gasteiger partial charge is 0.598 e. The van der Waals surface area contributed by atoms with Gasteiger partial charge < -0.3 is 14.0 Å². The second-order valence-corrected chi connectivity index (χ2v) is 10.9. The zero-order valence-electron chi connectivity index (χ0n) is 17.3. The van der Waals surface area contributed by atoms with Gasteiger partial charge in [0.2, 0.25) is 0 Å². The lowest BCUT2D eigenvalue weighted by atomic mass is 9.87. The molecule has 0 radical (unpaired) electrons. The zero-order chi connectivity index (χ0) is 21.4. The van der Waals surface area contributed by atoms with Crippen LogP contribution in [0.3, 0.4) is 0 Å². The topological polar surface area (TPSA) is 87.7 Å². The summed E-state index contributed by atoms with van der Waals surface area (Å²) < 4.78 is 54.0. The average Bonchev–Trinajstić information content (AvgIpc) is 3.25. The van der Waals surface area contributed by atoms with Crippen LogP contribution in [0.15, 0.2) is 0 Å². The summed E-state index contributed by atoms with van der Waals surface area (Å²) in [6.07, 6.45) is 0.106. The van der Waals surface area contributed by atoms with Crippen molar-refractivity contribution in [1.29, 1.82) is 0 Å². The number of carbonyl (C=O) groups excluding carboxylic acids is 2. The fourth-order valence-electron chi connectivity index (χ4n) is 2.62. The van der Waals surface area contributed by atoms with Crippen LogP contribution in [0.1, 0.15) is 61.8 Å². The van der Waals surface area contributed by atoms with E-state index in [1.54, 1.807) is 41.5 Å². The number of carbonyl (C=O) groups is 2. The quantitative estimate of drug-likeness (QED) is 0.512. The lowest BCUT2D eigenvalue weighted by Crippen LogP contribution is -2.65. The number of esters is 2. The maximum atomic E-state index is 15.0. The van der Waals surface area contributed by atoms with Gasteiger partial charge in [0, 0.05) is 17.3 Å². The molecule has 6 nitrogen and oxygen atoms in total. The Morgan fingerprint density at radius 1 is 1.15 bits per heavy atom. The van der Waals surface area contributed by atoms with Crippen LogP contribution in [0.2, 0.25) is 0 Å². The fourth-order valence-corrected chi connectivity index (χ4v) is 3.59. The highest BCUT2D eigenvalue weighted by molar-refractivity contribution is 7.90. The van der Waals surface area contributed by atoms with E-state index in [9.17, 15) is 14.1 Å². The number of nitrogens with one attached hydrogen (secondary N) is 1. The fraction of sp³-hybridized carbons (Fsp3) is 0.889. The van der Waals surface area contributed by atoms with Gasteiger partial charge in [-0.2, -0.15) is 8.78 Å². The van der Waals surface area contributed by atoms with E-state index in [4.69, 9.17) is 4.74 Å². The molecule has 1 fully saturated rings. The summed E-state index contributed by atoms with van der Waals surface area (Å²) >= 11 is -1.89. The monoisotopic (exact) mass is 411 g/mol. The highest BCUT2D eigenvalue weighted by Gasteiger charge is 2.71. The first-order chi connectivity index (χ1) is 12.0. The minimum Gasteiger partial charge on any atom is -0.598 e. The second kappa shape index (κ2) is 7.83. The number of rotatable bonds is 7. The summed E-state index contributed by atoms with van der Waals surface area (Å²) in [7, 11) is 0. The highest BCUT2D eigenvalue weighted by Crippen LogP contribution is 2.53. The first-order valence-electron chi connectivity index (χ1n) is 8.95. The van der Waals surface area contributed by atoms with Crippen LogP contribution in [0.25, 0.3) is 0 Å². The second-order valence-electron chi connectivity index (χ2n) is 8.96. The van der Waals surface area contributed by atoms with Crippen LogP contribution in [0.5, 0.6) is 0 Å². The maximum absolute atomic E-state index is 15.0. The number of hydrogen-bond acceptors (Lipinski definition) is 6. The molecular formula is C18H31F2NO5S. The summed E-state index contributed by atoms with van der Waals surface area (Å²) in [5.74, 6) is -8.02. The molecule has 0 aliphatic heterocycles. The molecule has 1 aliphatic rings. The van der Waals surface area contributed by atoms with Crippen molar-refractivity contribution < 1.29 is 32.4 Å². The molecule has 0 bridgehead atoms. The normalized spacial score (nSPS) is 24.0. The molecule has 0 spiro atoms. The van der Waals surface area contributed by atoms with E-state index in [1.165, 1.54) is 6.92 Å². The average molecular weight is 412 g/mol. The number of hydrogen-bond donors (Lipinski definition) is 1. The maximum Gasteiger partial charge on any atom is 0.379 e. The summed E-state index contributed by atoms with van der Waals surface area (Å²) in [5, 5.41) is 0. The Morgan fingerprint density at radius 2 is 1.67 bits per heavy atom. The van der Waals surface area contributed by atoms with Crippen LogP contribution in [-0.4, -0.2) is 44.9 Å². The van der Waals surface area contributed by atoms with Crippen LogP contribution in [0.4, 0.5) is 8.78 Å². The lowest BCUT2D eigenvalue weighted by molar-refractivity contribution is -0.185. The summed E-state index contributed by atoms with van der Waals surface area (Å²) in [6.45, 7) is 12.2. The predicted molar refractivity (Wildman–Crippen MR) is 98.5 cm³/mol. The molecule has 4 atom stereocenters. The van der Waals surface area contributed by atoms with Gasteiger partial charge in [0.1, 0.15) is 15.9 Å². The van der Waals surface area contributed by atoms with Crippen LogP contribution < -0.4 is 4.72 Å². The third-order valence-electron chi connectivity index (χ3n) is 4.29. The van der Waals surface area contributed by atoms with Gasteiger partial charge in [0.05, 0.1) is 12.5 Å². The van der Waals surface area contributed by atoms with E-state index in [-0.39, 0.29) is 13.0 Å². The number of ether oxygens (including phenoxy) is 2. The summed E-state index contributed by atoms with van der Waals surface area (Å²) in [5.41, 5.74) is -2.98. The van der Waals surface area contributed by atoms with E-state index in [0.29, 0.717) is 0 Å². The number of alkyl halides is 2. The first kappa shape index (κ1) is 24.1. The van der Waals surface area contributed by atoms with Crippen molar-refractivity contribution >= 4 is 23.3 Å². The Morgan fingerprint density at radius 3 is 2.07 bits per heavy atom. The Kier molecular flexibility index (Phi) is 6.99. The van der Waals surface area contributed by atoms with Crippen LogP contribution >= 0.6 is 0 Å². The molecule has 0 aromatic carbocycles. The molecule has 0 saturated heterocycles. The van der Waals surface area contributed by atoms with Crippen LogP contribution in [-0.2, 0) is 30.4 Å². The zero-order valence-corrected chi connectivity index (χ0v) is 18.1. The minimum absolute atomic E-state index is 0.106. The van der Waals surface area contributed by atoms with Crippen LogP contribution in [0, 0.1) is 11.8 Å². The van der Waals surface area contributed by atoms with Crippen molar-refractivity contribution in [2.24, 2.45) is 11.8 Å². The van der Waals surface area contributed by atoms with Crippen molar-refractivity contribution in [1.82, 2.24) is 4.72 Å². The van der Waals surface area contributed by atoms with Gasteiger partial charge in [-0.15, -0.1) is 4.72 Å². The van der Waals surface area contributed by atoms with E-state index in [2.05, 4.69) is 9.46 Å². The van der Waals surface area contributed by atoms with Gasteiger partial charge in [0.25, 0.3) is 0 Å². The Balaban J connectivity index is 3.17. The van der Waals surface area contributed by atoms with Gasteiger partial charge in [-0.3, -0.25) is 4.79 Å². The Hall–Kier alpha value is -0.930. The summed E-state index contributed by atoms with van der Waals surface area (Å²) in [6, 6.07) is 0. The lowest BCUT2D eigenvalue weighted by Gasteiger charge is -2.39. The molecule has 1 rings (SSSR count). The van der Waals surface area contributed by atoms with Crippen molar-refractivity contribution in [2.75, 3.05) is 6.61 Å². The van der Waals surface area contributed by atoms with Gasteiger partial charge >= 0.3 is 17.9 Å². The third-order valence-corrected chi connectivity index (χ3v) is 6.01. The van der Waals surface area contributed by atoms with Crippen molar-refractivity contribution in [3.8, 4) is 0 Å². The SMILES string of the molecule is CCOC(=O)C(F)(F)[C@](C)(N[S@+]([O-])C(C)(C)C)[C@H]1C[C@@H]1C(=O)OC(C)(C)C. The van der Waals surface area contributed by atoms with E-state index >= 15 is 8.78 Å². The third kappa shape index (κ3) is 5.54. The number of halogens is 2. The van der Waals surface area contributed by atoms with Gasteiger partial charge in [-0.05, 0) is 61.8 Å². The highest BCUT2D eigenvalue weighted by atomic mass is 32.2. The molecule has 0 amide bonds. The van der Waals surface area contributed by atoms with Gasteiger partial charge in [-0.25, -0.2) is 4.79 Å². The van der Waals surface area contributed by atoms with Gasteiger partial charge in [-0.1, -0.05) is 0 Å². The van der Waals surface area contributed by atoms with E-state index < -0.39 is 56.9 Å². The van der Waals surface area contributed by atoms with Crippen molar-refractivity contribution in [3.63, 3.8) is 0 Å². The van der Waals surface area contributed by atoms with E-state index in [0.717, 1.165) is 6.92 Å². The Labute approximate surface area is 163 Å². The molecule has 1 N–H and O–H groups in total. The first-order valence-corrected chi connectivity index (χ1v) is 10.1. The molecule has 158 valence electrons. The molecule has 0 aromatic heterocycles. The predicted octanol–water partition coefficient (Wildman–Crippen LogP) is 2.97. The smallest absolute Gasteiger partial charge is 0.379 e. The molecule has 0 unspecified atom stereocenters. The molecule has 9 heteroatoms. The molecule has 0 heterocycles. The molecule has 1 saturated carbocycles. The molecular weight excluding hydrogens is 380 g/mol. The molecule has 27 heavy (non-hydrogen) atoms. The minimum atomic E-state index is -3.98. The van der Waals surface area contributed by atoms with Crippen molar-refractivity contribution in [3.05, 3.63) is 0 Å². The van der Waals surface area contributed by atoms with Gasteiger partial charge in [0.15, 0.2) is 0 Å². The molecule has 1 aliphatic carbocycles. The van der Waals surface area contributed by atoms with Crippen molar-refractivity contribution in [2.45, 2.75) is 83.6 Å². The molecule has 0 aromatic rings.